The quantitative estimate of drug-likeness (QED) is 0.728. The first-order valence-corrected chi connectivity index (χ1v) is 7.57. The molecule has 0 aliphatic rings. The van der Waals surface area contributed by atoms with E-state index in [0.29, 0.717) is 23.1 Å². The van der Waals surface area contributed by atoms with Crippen LogP contribution in [-0.2, 0) is 6.54 Å². The predicted octanol–water partition coefficient (Wildman–Crippen LogP) is 1.36. The molecule has 3 heterocycles. The molecule has 0 bridgehead atoms. The molecular formula is C16H17N7O2. The van der Waals surface area contributed by atoms with Gasteiger partial charge in [-0.3, -0.25) is 4.79 Å². The summed E-state index contributed by atoms with van der Waals surface area (Å²) in [6.45, 7) is 5.61. The van der Waals surface area contributed by atoms with Crippen molar-refractivity contribution in [3.8, 4) is 11.6 Å². The van der Waals surface area contributed by atoms with Crippen molar-refractivity contribution in [1.29, 1.82) is 0 Å². The standard InChI is InChI=1S/C16H17N7O2/c1-8-6-9(2)21-11(20-8)7-19-15(24)13-14(17)23-12(10(3)22-13)16-18-4-5-25-16/h4-6H,7H2,1-3H3,(H2,17,23)(H,19,24). The number of carbonyl (C=O) groups excluding carboxylic acids is 1. The molecule has 0 spiro atoms. The highest BCUT2D eigenvalue weighted by molar-refractivity contribution is 5.96. The number of rotatable bonds is 4. The van der Waals surface area contributed by atoms with Crippen molar-refractivity contribution in [2.75, 3.05) is 5.73 Å². The zero-order valence-electron chi connectivity index (χ0n) is 14.1. The molecule has 0 atom stereocenters. The van der Waals surface area contributed by atoms with Crippen LogP contribution < -0.4 is 11.1 Å². The van der Waals surface area contributed by atoms with E-state index in [9.17, 15) is 4.79 Å². The summed E-state index contributed by atoms with van der Waals surface area (Å²) in [6.07, 6.45) is 2.92. The number of nitrogens with zero attached hydrogens (tertiary/aromatic N) is 5. The molecule has 3 rings (SSSR count). The van der Waals surface area contributed by atoms with Gasteiger partial charge in [0.2, 0.25) is 5.89 Å². The Labute approximate surface area is 143 Å². The number of anilines is 1. The van der Waals surface area contributed by atoms with Crippen molar-refractivity contribution in [1.82, 2.24) is 30.2 Å². The number of aryl methyl sites for hydroxylation is 3. The maximum Gasteiger partial charge on any atom is 0.274 e. The van der Waals surface area contributed by atoms with E-state index in [4.69, 9.17) is 10.2 Å². The highest BCUT2D eigenvalue weighted by atomic mass is 16.3. The van der Waals surface area contributed by atoms with Gasteiger partial charge in [0.15, 0.2) is 11.5 Å². The van der Waals surface area contributed by atoms with Gasteiger partial charge in [0.05, 0.1) is 18.4 Å². The minimum atomic E-state index is -0.449. The van der Waals surface area contributed by atoms with Crippen molar-refractivity contribution in [2.45, 2.75) is 27.3 Å². The summed E-state index contributed by atoms with van der Waals surface area (Å²) in [5, 5.41) is 2.71. The summed E-state index contributed by atoms with van der Waals surface area (Å²) in [5.41, 5.74) is 8.48. The van der Waals surface area contributed by atoms with Crippen LogP contribution in [0.25, 0.3) is 11.6 Å². The molecule has 0 aliphatic heterocycles. The monoisotopic (exact) mass is 339 g/mol. The van der Waals surface area contributed by atoms with Gasteiger partial charge in [0.25, 0.3) is 5.91 Å². The highest BCUT2D eigenvalue weighted by Crippen LogP contribution is 2.20. The van der Waals surface area contributed by atoms with E-state index in [1.807, 2.05) is 19.9 Å². The topological polar surface area (TPSA) is 133 Å². The molecular weight excluding hydrogens is 322 g/mol. The summed E-state index contributed by atoms with van der Waals surface area (Å²) in [6, 6.07) is 1.86. The Kier molecular flexibility index (Phi) is 4.38. The van der Waals surface area contributed by atoms with E-state index < -0.39 is 5.91 Å². The number of carbonyl (C=O) groups is 1. The fourth-order valence-electron chi connectivity index (χ4n) is 2.36. The molecule has 128 valence electrons. The summed E-state index contributed by atoms with van der Waals surface area (Å²) >= 11 is 0. The average Bonchev–Trinajstić information content (AvgIpc) is 3.07. The largest absolute Gasteiger partial charge is 0.443 e. The van der Waals surface area contributed by atoms with E-state index >= 15 is 0 Å². The number of hydrogen-bond donors (Lipinski definition) is 2. The summed E-state index contributed by atoms with van der Waals surface area (Å²) in [7, 11) is 0. The zero-order chi connectivity index (χ0) is 18.0. The van der Waals surface area contributed by atoms with Crippen LogP contribution in [0.2, 0.25) is 0 Å². The summed E-state index contributed by atoms with van der Waals surface area (Å²) < 4.78 is 5.20. The van der Waals surface area contributed by atoms with Crippen molar-refractivity contribution < 1.29 is 9.21 Å². The van der Waals surface area contributed by atoms with E-state index in [0.717, 1.165) is 11.4 Å². The molecule has 3 aromatic heterocycles. The average molecular weight is 339 g/mol. The van der Waals surface area contributed by atoms with Crippen molar-refractivity contribution in [3.63, 3.8) is 0 Å². The number of nitrogen functional groups attached to an aromatic ring is 1. The van der Waals surface area contributed by atoms with Crippen molar-refractivity contribution in [3.05, 3.63) is 47.1 Å². The Bertz CT molecular complexity index is 902. The minimum absolute atomic E-state index is 0.00218. The number of aromatic nitrogens is 5. The van der Waals surface area contributed by atoms with Gasteiger partial charge in [-0.25, -0.2) is 24.9 Å². The van der Waals surface area contributed by atoms with Crippen molar-refractivity contribution in [2.24, 2.45) is 0 Å². The first-order chi connectivity index (χ1) is 11.9. The molecule has 25 heavy (non-hydrogen) atoms. The highest BCUT2D eigenvalue weighted by Gasteiger charge is 2.18. The first-order valence-electron chi connectivity index (χ1n) is 7.57. The van der Waals surface area contributed by atoms with Crippen LogP contribution in [0.3, 0.4) is 0 Å². The van der Waals surface area contributed by atoms with Crippen LogP contribution in [-0.4, -0.2) is 30.8 Å². The van der Waals surface area contributed by atoms with Crippen LogP contribution in [0.5, 0.6) is 0 Å². The Hall–Kier alpha value is -3.36. The third kappa shape index (κ3) is 3.60. The van der Waals surface area contributed by atoms with Gasteiger partial charge in [0.1, 0.15) is 17.8 Å². The van der Waals surface area contributed by atoms with Crippen LogP contribution in [0.15, 0.2) is 22.9 Å². The van der Waals surface area contributed by atoms with Gasteiger partial charge in [-0.15, -0.1) is 0 Å². The second kappa shape index (κ2) is 6.63. The number of hydrogen-bond acceptors (Lipinski definition) is 8. The molecule has 0 fully saturated rings. The molecule has 1 amide bonds. The lowest BCUT2D eigenvalue weighted by Gasteiger charge is -2.09. The minimum Gasteiger partial charge on any atom is -0.443 e. The number of nitrogens with two attached hydrogens (primary N) is 1. The Morgan fingerprint density at radius 1 is 1.16 bits per heavy atom. The Balaban J connectivity index is 1.79. The lowest BCUT2D eigenvalue weighted by molar-refractivity contribution is 0.0945. The van der Waals surface area contributed by atoms with Gasteiger partial charge < -0.3 is 15.5 Å². The summed E-state index contributed by atoms with van der Waals surface area (Å²) in [4.78, 5) is 33.4. The fraction of sp³-hybridized carbons (Fsp3) is 0.250. The molecule has 0 saturated heterocycles. The molecule has 0 aromatic carbocycles. The van der Waals surface area contributed by atoms with E-state index in [1.165, 1.54) is 12.5 Å². The molecule has 0 aliphatic carbocycles. The maximum atomic E-state index is 12.4. The molecule has 0 radical (unpaired) electrons. The van der Waals surface area contributed by atoms with E-state index in [1.54, 1.807) is 6.92 Å². The number of amides is 1. The van der Waals surface area contributed by atoms with Crippen LogP contribution in [0.4, 0.5) is 5.82 Å². The van der Waals surface area contributed by atoms with Crippen LogP contribution >= 0.6 is 0 Å². The van der Waals surface area contributed by atoms with Gasteiger partial charge >= 0.3 is 0 Å². The normalized spacial score (nSPS) is 10.7. The second-order valence-corrected chi connectivity index (χ2v) is 5.48. The molecule has 9 heteroatoms. The van der Waals surface area contributed by atoms with Gasteiger partial charge in [-0.05, 0) is 26.8 Å². The van der Waals surface area contributed by atoms with Crippen molar-refractivity contribution >= 4 is 11.7 Å². The van der Waals surface area contributed by atoms with Gasteiger partial charge in [-0.2, -0.15) is 0 Å². The molecule has 3 aromatic rings. The third-order valence-electron chi connectivity index (χ3n) is 3.38. The predicted molar refractivity (Wildman–Crippen MR) is 89.4 cm³/mol. The fourth-order valence-corrected chi connectivity index (χ4v) is 2.36. The summed E-state index contributed by atoms with van der Waals surface area (Å²) in [5.74, 6) is 0.366. The van der Waals surface area contributed by atoms with E-state index in [2.05, 4.69) is 30.2 Å². The van der Waals surface area contributed by atoms with Gasteiger partial charge in [0, 0.05) is 11.4 Å². The Morgan fingerprint density at radius 3 is 2.52 bits per heavy atom. The SMILES string of the molecule is Cc1cc(C)nc(CNC(=O)c2nc(C)c(-c3ncco3)nc2N)n1. The van der Waals surface area contributed by atoms with Crippen LogP contribution in [0, 0.1) is 20.8 Å². The lowest BCUT2D eigenvalue weighted by Crippen LogP contribution is -2.27. The van der Waals surface area contributed by atoms with Crippen LogP contribution in [0.1, 0.15) is 33.4 Å². The lowest BCUT2D eigenvalue weighted by atomic mass is 10.2. The van der Waals surface area contributed by atoms with Gasteiger partial charge in [-0.1, -0.05) is 0 Å². The molecule has 0 unspecified atom stereocenters. The zero-order valence-corrected chi connectivity index (χ0v) is 14.1. The smallest absolute Gasteiger partial charge is 0.274 e. The Morgan fingerprint density at radius 2 is 1.88 bits per heavy atom. The maximum absolute atomic E-state index is 12.4. The molecule has 3 N–H and O–H groups in total. The molecule has 9 nitrogen and oxygen atoms in total. The molecule has 0 saturated carbocycles. The number of nitrogens with one attached hydrogen (secondary N) is 1. The number of oxazole rings is 1. The first kappa shape index (κ1) is 16.5. The van der Waals surface area contributed by atoms with E-state index in [-0.39, 0.29) is 18.1 Å². The second-order valence-electron chi connectivity index (χ2n) is 5.48. The third-order valence-corrected chi connectivity index (χ3v) is 3.38.